The van der Waals surface area contributed by atoms with Crippen LogP contribution in [0.15, 0.2) is 42.5 Å². The molecule has 28 heavy (non-hydrogen) atoms. The predicted molar refractivity (Wildman–Crippen MR) is 73.5 cm³/mol. The normalized spacial score (nSPS) is 21.8. The van der Waals surface area contributed by atoms with Gasteiger partial charge >= 0.3 is 29.9 Å². The monoisotopic (exact) mass is 420 g/mol. The number of benzene rings is 2. The molecule has 2 aromatic rings. The average Bonchev–Trinajstić information content (AvgIpc) is 2.59. The van der Waals surface area contributed by atoms with Crippen molar-refractivity contribution in [2.24, 2.45) is 0 Å². The Balaban J connectivity index is 2.47. The molecule has 11 heteroatoms. The van der Waals surface area contributed by atoms with Crippen molar-refractivity contribution >= 4 is 0 Å². The molecule has 0 aromatic heterocycles. The van der Waals surface area contributed by atoms with E-state index in [1.165, 1.54) is 0 Å². The van der Waals surface area contributed by atoms with E-state index in [9.17, 15) is 48.3 Å². The van der Waals surface area contributed by atoms with Gasteiger partial charge in [0.05, 0.1) is 5.56 Å². The van der Waals surface area contributed by atoms with Gasteiger partial charge in [0.25, 0.3) is 0 Å². The third kappa shape index (κ3) is 2.58. The number of rotatable bonds is 0. The van der Waals surface area contributed by atoms with Gasteiger partial charge in [-0.05, 0) is 6.07 Å². The van der Waals surface area contributed by atoms with Crippen LogP contribution in [0.2, 0.25) is 0 Å². The number of halogens is 11. The lowest BCUT2D eigenvalue weighted by atomic mass is 9.86. The fourth-order valence-corrected chi connectivity index (χ4v) is 2.85. The molecule has 152 valence electrons. The lowest BCUT2D eigenvalue weighted by molar-refractivity contribution is -0.230. The summed E-state index contributed by atoms with van der Waals surface area (Å²) in [4.78, 5) is 0. The number of hydrogen-bond acceptors (Lipinski definition) is 0. The molecule has 4 bridgehead atoms. The highest BCUT2D eigenvalue weighted by molar-refractivity contribution is 5.44. The van der Waals surface area contributed by atoms with Gasteiger partial charge in [0.2, 0.25) is 0 Å². The molecule has 0 aliphatic heterocycles. The van der Waals surface area contributed by atoms with Crippen molar-refractivity contribution in [2.45, 2.75) is 29.9 Å². The minimum Gasteiger partial charge on any atom is -0.194 e. The van der Waals surface area contributed by atoms with Crippen molar-refractivity contribution < 1.29 is 48.3 Å². The first kappa shape index (κ1) is 20.4. The van der Waals surface area contributed by atoms with Crippen molar-refractivity contribution in [1.82, 2.24) is 0 Å². The first-order valence-corrected chi connectivity index (χ1v) is 7.39. The van der Waals surface area contributed by atoms with Gasteiger partial charge in [0.1, 0.15) is 0 Å². The van der Waals surface area contributed by atoms with E-state index >= 15 is 0 Å². The second-order valence-electron chi connectivity index (χ2n) is 6.13. The Hall–Kier alpha value is -2.33. The molecule has 0 radical (unpaired) electrons. The van der Waals surface area contributed by atoms with Crippen LogP contribution in [0, 0.1) is 0 Å². The average molecular weight is 420 g/mol. The Labute approximate surface area is 149 Å². The molecule has 0 N–H and O–H groups in total. The smallest absolute Gasteiger partial charge is 0.194 e. The summed E-state index contributed by atoms with van der Waals surface area (Å²) in [5.41, 5.74) is -9.95. The molecule has 0 spiro atoms. The highest BCUT2D eigenvalue weighted by Gasteiger charge is 2.63. The quantitative estimate of drug-likeness (QED) is 0.412. The molecule has 0 unspecified atom stereocenters. The maximum Gasteiger partial charge on any atom is 0.416 e. The maximum absolute atomic E-state index is 14.4. The van der Waals surface area contributed by atoms with Gasteiger partial charge in [-0.2, -0.15) is 48.3 Å². The van der Waals surface area contributed by atoms with E-state index in [2.05, 4.69) is 0 Å². The van der Waals surface area contributed by atoms with E-state index in [-0.39, 0.29) is 36.4 Å². The first-order chi connectivity index (χ1) is 12.5. The van der Waals surface area contributed by atoms with Gasteiger partial charge in [-0.15, -0.1) is 0 Å². The van der Waals surface area contributed by atoms with Crippen molar-refractivity contribution in [3.8, 4) is 0 Å². The van der Waals surface area contributed by atoms with E-state index in [1.807, 2.05) is 0 Å². The van der Waals surface area contributed by atoms with Crippen molar-refractivity contribution in [1.29, 1.82) is 0 Å². The summed E-state index contributed by atoms with van der Waals surface area (Å²) in [5.74, 6) is -21.1. The summed E-state index contributed by atoms with van der Waals surface area (Å²) >= 11 is 0. The third-order valence-electron chi connectivity index (χ3n) is 4.42. The summed E-state index contributed by atoms with van der Waals surface area (Å²) in [6.07, 6.45) is -5.79. The van der Waals surface area contributed by atoms with Crippen LogP contribution in [0.4, 0.5) is 48.3 Å². The molecule has 6 rings (SSSR count). The van der Waals surface area contributed by atoms with E-state index in [0.29, 0.717) is 0 Å². The molecule has 4 aliphatic rings. The van der Waals surface area contributed by atoms with Crippen LogP contribution in [0.25, 0.3) is 0 Å². The summed E-state index contributed by atoms with van der Waals surface area (Å²) in [5, 5.41) is 0. The zero-order chi connectivity index (χ0) is 21.3. The molecular formula is C17H7F11. The Morgan fingerprint density at radius 2 is 0.857 bits per heavy atom. The van der Waals surface area contributed by atoms with Gasteiger partial charge in [-0.25, -0.2) is 0 Å². The number of alkyl halides is 11. The van der Waals surface area contributed by atoms with Crippen molar-refractivity contribution in [3.63, 3.8) is 0 Å². The lowest BCUT2D eigenvalue weighted by Gasteiger charge is -2.33. The van der Waals surface area contributed by atoms with E-state index < -0.39 is 63.8 Å². The molecule has 0 heterocycles. The molecule has 0 atom stereocenters. The van der Waals surface area contributed by atoms with Crippen LogP contribution >= 0.6 is 0 Å². The van der Waals surface area contributed by atoms with E-state index in [0.717, 1.165) is 0 Å². The van der Waals surface area contributed by atoms with E-state index in [1.54, 1.807) is 0 Å². The van der Waals surface area contributed by atoms with Gasteiger partial charge in [-0.3, -0.25) is 0 Å². The molecule has 2 aromatic carbocycles. The van der Waals surface area contributed by atoms with Gasteiger partial charge in [0.15, 0.2) is 0 Å². The first-order valence-electron chi connectivity index (χ1n) is 7.39. The maximum atomic E-state index is 14.4. The third-order valence-corrected chi connectivity index (χ3v) is 4.42. The van der Waals surface area contributed by atoms with Gasteiger partial charge < -0.3 is 0 Å². The summed E-state index contributed by atoms with van der Waals surface area (Å²) in [6.45, 7) is 0. The zero-order valence-electron chi connectivity index (χ0n) is 13.2. The van der Waals surface area contributed by atoms with Crippen LogP contribution in [-0.2, 0) is 29.9 Å². The zero-order valence-corrected chi connectivity index (χ0v) is 13.2. The molecule has 0 nitrogen and oxygen atoms in total. The minimum absolute atomic E-state index is 0.0500. The second kappa shape index (κ2) is 5.60. The molecule has 4 aliphatic carbocycles. The van der Waals surface area contributed by atoms with Crippen LogP contribution < -0.4 is 0 Å². The largest absolute Gasteiger partial charge is 0.416 e. The molecule has 0 amide bonds. The fraction of sp³-hybridized carbons (Fsp3) is 0.294. The Morgan fingerprint density at radius 3 is 1.29 bits per heavy atom. The van der Waals surface area contributed by atoms with Crippen molar-refractivity contribution in [3.05, 3.63) is 70.3 Å². The Bertz CT molecular complexity index is 908. The summed E-state index contributed by atoms with van der Waals surface area (Å²) in [7, 11) is 0. The van der Waals surface area contributed by atoms with Crippen LogP contribution in [-0.4, -0.2) is 0 Å². The van der Waals surface area contributed by atoms with Crippen molar-refractivity contribution in [2.75, 3.05) is 0 Å². The summed E-state index contributed by atoms with van der Waals surface area (Å²) < 4.78 is 154. The topological polar surface area (TPSA) is 0 Å². The highest BCUT2D eigenvalue weighted by atomic mass is 19.4. The second-order valence-corrected chi connectivity index (χ2v) is 6.13. The van der Waals surface area contributed by atoms with Crippen LogP contribution in [0.1, 0.15) is 27.8 Å². The Kier molecular flexibility index (Phi) is 4.08. The highest BCUT2D eigenvalue weighted by Crippen LogP contribution is 2.56. The Morgan fingerprint density at radius 1 is 0.500 bits per heavy atom. The number of hydrogen-bond donors (Lipinski definition) is 0. The van der Waals surface area contributed by atoms with Crippen LogP contribution in [0.3, 0.4) is 0 Å². The lowest BCUT2D eigenvalue weighted by Crippen LogP contribution is -2.40. The van der Waals surface area contributed by atoms with Crippen LogP contribution in [0.5, 0.6) is 0 Å². The van der Waals surface area contributed by atoms with E-state index in [4.69, 9.17) is 0 Å². The molecular weight excluding hydrogens is 413 g/mol. The summed E-state index contributed by atoms with van der Waals surface area (Å²) in [6, 6.07) is -0.817. The van der Waals surface area contributed by atoms with Gasteiger partial charge in [0, 0.05) is 22.3 Å². The SMILES string of the molecule is FC(F)(F)c1cc2ccc1C(F)(F)C(F)(F)c1ccc(cc1)C(F)(F)C2(F)F. The molecule has 0 fully saturated rings. The molecule has 0 saturated heterocycles. The molecule has 0 saturated carbocycles. The fourth-order valence-electron chi connectivity index (χ4n) is 2.85. The van der Waals surface area contributed by atoms with Gasteiger partial charge in [-0.1, -0.05) is 36.4 Å². The minimum atomic E-state index is -5.79. The standard InChI is InChI=1S/C17H7F11/c18-13(19)8-1-3-9(4-2-8)14(20,21)16(24,25)11-6-5-10(15(13,22)23)7-12(11)17(26,27)28/h1-7H. The predicted octanol–water partition coefficient (Wildman–Crippen LogP) is 6.79.